The molecule has 0 amide bonds. The Labute approximate surface area is 114 Å². The molecule has 0 bridgehead atoms. The predicted octanol–water partition coefficient (Wildman–Crippen LogP) is 1.89. The van der Waals surface area contributed by atoms with Crippen molar-refractivity contribution >= 4 is 5.78 Å². The molecule has 0 N–H and O–H groups in total. The molecule has 5 nitrogen and oxygen atoms in total. The first-order valence-electron chi connectivity index (χ1n) is 6.12. The van der Waals surface area contributed by atoms with Crippen LogP contribution in [0.2, 0.25) is 0 Å². The van der Waals surface area contributed by atoms with Gasteiger partial charge in [-0.3, -0.25) is 4.79 Å². The molecule has 1 aliphatic carbocycles. The Bertz CT molecular complexity index is 381. The molecule has 5 heteroatoms. The molecular weight excluding hydrogens is 248 g/mol. The Morgan fingerprint density at radius 1 is 1.21 bits per heavy atom. The summed E-state index contributed by atoms with van der Waals surface area (Å²) >= 11 is 0. The summed E-state index contributed by atoms with van der Waals surface area (Å²) < 4.78 is 21.6. The van der Waals surface area contributed by atoms with E-state index in [4.69, 9.17) is 18.9 Å². The van der Waals surface area contributed by atoms with Crippen LogP contribution >= 0.6 is 0 Å². The highest BCUT2D eigenvalue weighted by atomic mass is 16.7. The lowest BCUT2D eigenvalue weighted by molar-refractivity contribution is -0.244. The Hall–Kier alpha value is -1.33. The molecule has 1 aliphatic rings. The van der Waals surface area contributed by atoms with Gasteiger partial charge in [-0.05, 0) is 6.42 Å². The van der Waals surface area contributed by atoms with Crippen LogP contribution in [-0.2, 0) is 23.7 Å². The zero-order valence-corrected chi connectivity index (χ0v) is 12.2. The fourth-order valence-corrected chi connectivity index (χ4v) is 2.70. The topological polar surface area (TPSA) is 54.0 Å². The number of methoxy groups -OCH3 is 4. The van der Waals surface area contributed by atoms with Crippen molar-refractivity contribution in [3.63, 3.8) is 0 Å². The van der Waals surface area contributed by atoms with Crippen molar-refractivity contribution in [2.45, 2.75) is 19.1 Å². The minimum Gasteiger partial charge on any atom is -0.492 e. The number of ether oxygens (including phenoxy) is 4. The largest absolute Gasteiger partial charge is 0.492 e. The van der Waals surface area contributed by atoms with Gasteiger partial charge in [0.25, 0.3) is 0 Å². The minimum atomic E-state index is -1.12. The van der Waals surface area contributed by atoms with E-state index in [9.17, 15) is 4.79 Å². The summed E-state index contributed by atoms with van der Waals surface area (Å²) in [6, 6.07) is 0. The molecule has 19 heavy (non-hydrogen) atoms. The molecule has 0 aromatic carbocycles. The molecule has 0 saturated heterocycles. The smallest absolute Gasteiger partial charge is 0.234 e. The van der Waals surface area contributed by atoms with Crippen molar-refractivity contribution in [1.82, 2.24) is 0 Å². The van der Waals surface area contributed by atoms with Gasteiger partial charge in [-0.15, -0.1) is 6.58 Å². The molecule has 0 radical (unpaired) electrons. The normalized spacial score (nSPS) is 26.3. The number of carbonyl (C=O) groups is 1. The number of Topliss-reactive ketones (excluding diaryl/α,β-unsaturated/α-hetero) is 1. The maximum atomic E-state index is 12.4. The van der Waals surface area contributed by atoms with E-state index in [1.165, 1.54) is 28.4 Å². The van der Waals surface area contributed by atoms with Gasteiger partial charge in [-0.2, -0.15) is 0 Å². The monoisotopic (exact) mass is 270 g/mol. The second-order valence-electron chi connectivity index (χ2n) is 4.43. The Morgan fingerprint density at radius 2 is 1.79 bits per heavy atom. The molecule has 2 unspecified atom stereocenters. The van der Waals surface area contributed by atoms with Crippen molar-refractivity contribution in [2.24, 2.45) is 11.8 Å². The lowest BCUT2D eigenvalue weighted by Crippen LogP contribution is -2.52. The summed E-state index contributed by atoms with van der Waals surface area (Å²) in [7, 11) is 5.94. The van der Waals surface area contributed by atoms with Crippen molar-refractivity contribution in [2.75, 3.05) is 28.4 Å². The first-order chi connectivity index (χ1) is 9.03. The summed E-state index contributed by atoms with van der Waals surface area (Å²) in [5, 5.41) is 0. The van der Waals surface area contributed by atoms with Crippen LogP contribution in [0.5, 0.6) is 0 Å². The number of allylic oxidation sites excluding steroid dienone is 2. The molecule has 0 aromatic heterocycles. The highest BCUT2D eigenvalue weighted by Crippen LogP contribution is 2.44. The van der Waals surface area contributed by atoms with Crippen LogP contribution in [0.1, 0.15) is 13.3 Å². The maximum Gasteiger partial charge on any atom is 0.234 e. The third-order valence-corrected chi connectivity index (χ3v) is 3.72. The molecule has 1 rings (SSSR count). The summed E-state index contributed by atoms with van der Waals surface area (Å²) in [5.41, 5.74) is 0. The Balaban J connectivity index is 3.46. The van der Waals surface area contributed by atoms with Crippen LogP contribution in [0.3, 0.4) is 0 Å². The summed E-state index contributed by atoms with van der Waals surface area (Å²) in [5.74, 6) is -1.35. The van der Waals surface area contributed by atoms with E-state index in [-0.39, 0.29) is 29.1 Å². The minimum absolute atomic E-state index is 0.114. The van der Waals surface area contributed by atoms with Crippen LogP contribution in [0.25, 0.3) is 0 Å². The highest BCUT2D eigenvalue weighted by Gasteiger charge is 2.54. The van der Waals surface area contributed by atoms with E-state index in [1.807, 2.05) is 6.92 Å². The molecule has 0 saturated carbocycles. The molecular formula is C14H22O5. The first-order valence-corrected chi connectivity index (χ1v) is 6.12. The summed E-state index contributed by atoms with van der Waals surface area (Å²) in [6.07, 6.45) is 2.23. The summed E-state index contributed by atoms with van der Waals surface area (Å²) in [6.45, 7) is 5.58. The van der Waals surface area contributed by atoms with Crippen LogP contribution in [-0.4, -0.2) is 40.0 Å². The number of hydrogen-bond donors (Lipinski definition) is 0. The average molecular weight is 270 g/mol. The van der Waals surface area contributed by atoms with Gasteiger partial charge < -0.3 is 18.9 Å². The predicted molar refractivity (Wildman–Crippen MR) is 70.3 cm³/mol. The number of ketones is 1. The van der Waals surface area contributed by atoms with E-state index in [0.29, 0.717) is 6.42 Å². The Kier molecular flexibility index (Phi) is 5.14. The van der Waals surface area contributed by atoms with E-state index < -0.39 is 5.79 Å². The van der Waals surface area contributed by atoms with Gasteiger partial charge in [-0.25, -0.2) is 0 Å². The molecule has 0 aromatic rings. The van der Waals surface area contributed by atoms with Crippen molar-refractivity contribution < 1.29 is 23.7 Å². The van der Waals surface area contributed by atoms with E-state index >= 15 is 0 Å². The van der Waals surface area contributed by atoms with Gasteiger partial charge in [0.2, 0.25) is 23.1 Å². The van der Waals surface area contributed by atoms with Gasteiger partial charge in [-0.1, -0.05) is 13.0 Å². The molecule has 108 valence electrons. The number of rotatable bonds is 6. The van der Waals surface area contributed by atoms with Gasteiger partial charge in [0.15, 0.2) is 0 Å². The molecule has 2 atom stereocenters. The number of hydrogen-bond acceptors (Lipinski definition) is 5. The van der Waals surface area contributed by atoms with Crippen molar-refractivity contribution in [3.8, 4) is 0 Å². The second kappa shape index (κ2) is 6.21. The molecule has 0 spiro atoms. The quantitative estimate of drug-likeness (QED) is 0.545. The van der Waals surface area contributed by atoms with Gasteiger partial charge in [0.1, 0.15) is 0 Å². The highest BCUT2D eigenvalue weighted by molar-refractivity contribution is 5.97. The molecule has 0 heterocycles. The van der Waals surface area contributed by atoms with Crippen LogP contribution in [0, 0.1) is 11.8 Å². The summed E-state index contributed by atoms with van der Waals surface area (Å²) in [4.78, 5) is 12.4. The lowest BCUT2D eigenvalue weighted by Gasteiger charge is -2.43. The zero-order valence-electron chi connectivity index (χ0n) is 12.2. The van der Waals surface area contributed by atoms with Gasteiger partial charge in [0.05, 0.1) is 14.2 Å². The van der Waals surface area contributed by atoms with Crippen LogP contribution in [0.15, 0.2) is 24.2 Å². The number of carbonyl (C=O) groups excluding carboxylic acids is 1. The standard InChI is InChI=1S/C14H22O5/c1-7-8-10-9(2)14(18-5,19-6)13(17-4)12(16-3)11(10)15/h7,9-10H,1,8H2,2-6H3. The second-order valence-corrected chi connectivity index (χ2v) is 4.43. The van der Waals surface area contributed by atoms with Crippen molar-refractivity contribution in [1.29, 1.82) is 0 Å². The van der Waals surface area contributed by atoms with Crippen molar-refractivity contribution in [3.05, 3.63) is 24.2 Å². The van der Waals surface area contributed by atoms with Gasteiger partial charge in [0, 0.05) is 26.1 Å². The van der Waals surface area contributed by atoms with E-state index in [0.717, 1.165) is 0 Å². The van der Waals surface area contributed by atoms with E-state index in [1.54, 1.807) is 6.08 Å². The lowest BCUT2D eigenvalue weighted by atomic mass is 9.75. The average Bonchev–Trinajstić information content (AvgIpc) is 2.43. The molecule has 0 aliphatic heterocycles. The van der Waals surface area contributed by atoms with Gasteiger partial charge >= 0.3 is 0 Å². The zero-order chi connectivity index (χ0) is 14.6. The SMILES string of the molecule is C=CCC1C(=O)C(OC)=C(OC)C(OC)(OC)C1C. The van der Waals surface area contributed by atoms with Crippen LogP contribution < -0.4 is 0 Å². The Morgan fingerprint density at radius 3 is 2.16 bits per heavy atom. The van der Waals surface area contributed by atoms with Crippen LogP contribution in [0.4, 0.5) is 0 Å². The third-order valence-electron chi connectivity index (χ3n) is 3.72. The van der Waals surface area contributed by atoms with E-state index in [2.05, 4.69) is 6.58 Å². The first kappa shape index (κ1) is 15.7. The molecule has 0 fully saturated rings. The fraction of sp³-hybridized carbons (Fsp3) is 0.643. The maximum absolute atomic E-state index is 12.4. The fourth-order valence-electron chi connectivity index (χ4n) is 2.70. The third kappa shape index (κ3) is 2.28.